The number of aliphatic carboxylic acids is 1. The van der Waals surface area contributed by atoms with Gasteiger partial charge in [-0.25, -0.2) is 0 Å². The highest BCUT2D eigenvalue weighted by Gasteiger charge is 2.08. The summed E-state index contributed by atoms with van der Waals surface area (Å²) in [6.45, 7) is 1.80. The van der Waals surface area contributed by atoms with Gasteiger partial charge in [-0.1, -0.05) is 25.7 Å². The van der Waals surface area contributed by atoms with Crippen molar-refractivity contribution in [2.75, 3.05) is 0 Å². The topological polar surface area (TPSA) is 83.5 Å². The van der Waals surface area contributed by atoms with Crippen molar-refractivity contribution in [1.82, 2.24) is 0 Å². The Morgan fingerprint density at radius 3 is 2.27 bits per heavy atom. The Kier molecular flexibility index (Phi) is 8.33. The molecule has 0 fully saturated rings. The molecule has 0 amide bonds. The lowest BCUT2D eigenvalue weighted by Gasteiger charge is -2.13. The number of aliphatic hydroxyl groups is 1. The molecule has 0 radical (unpaired) electrons. The van der Waals surface area contributed by atoms with E-state index in [2.05, 4.69) is 0 Å². The molecule has 0 saturated carbocycles. The van der Waals surface area contributed by atoms with E-state index < -0.39 is 12.1 Å². The highest BCUT2D eigenvalue weighted by Crippen LogP contribution is 2.09. The second kappa shape index (κ2) is 8.68. The van der Waals surface area contributed by atoms with Crippen LogP contribution in [-0.2, 0) is 4.79 Å². The molecular weight excluding hydrogens is 194 g/mol. The highest BCUT2D eigenvalue weighted by atomic mass is 16.4. The number of carbonyl (C=O) groups is 1. The maximum absolute atomic E-state index is 10.2. The van der Waals surface area contributed by atoms with Gasteiger partial charge in [0.1, 0.15) is 0 Å². The molecule has 0 aromatic heterocycles. The molecule has 0 aliphatic heterocycles. The van der Waals surface area contributed by atoms with Crippen LogP contribution in [0.3, 0.4) is 0 Å². The Balaban J connectivity index is 3.15. The van der Waals surface area contributed by atoms with Crippen molar-refractivity contribution < 1.29 is 15.0 Å². The van der Waals surface area contributed by atoms with E-state index in [9.17, 15) is 9.90 Å². The second-order valence-corrected chi connectivity index (χ2v) is 4.13. The molecule has 15 heavy (non-hydrogen) atoms. The summed E-state index contributed by atoms with van der Waals surface area (Å²) in [6.07, 6.45) is 5.38. The normalized spacial score (nSPS) is 14.9. The number of carboxylic acid groups (broad SMARTS) is 1. The van der Waals surface area contributed by atoms with E-state index in [-0.39, 0.29) is 12.5 Å². The number of aliphatic hydroxyl groups excluding tert-OH is 1. The summed E-state index contributed by atoms with van der Waals surface area (Å²) in [6, 6.07) is -0.156. The number of unbranched alkanes of at least 4 members (excludes halogenated alkanes) is 4. The lowest BCUT2D eigenvalue weighted by molar-refractivity contribution is -0.137. The minimum absolute atomic E-state index is 0.156. The molecule has 0 aliphatic carbocycles. The molecule has 90 valence electrons. The predicted octanol–water partition coefficient (Wildman–Crippen LogP) is 1.51. The molecule has 4 N–H and O–H groups in total. The van der Waals surface area contributed by atoms with Crippen molar-refractivity contribution >= 4 is 5.97 Å². The van der Waals surface area contributed by atoms with Crippen molar-refractivity contribution in [2.45, 2.75) is 64.0 Å². The molecular formula is C11H23NO3. The van der Waals surface area contributed by atoms with E-state index >= 15 is 0 Å². The second-order valence-electron chi connectivity index (χ2n) is 4.13. The Hall–Kier alpha value is -0.610. The summed E-state index contributed by atoms with van der Waals surface area (Å²) in [5.74, 6) is -0.720. The molecule has 0 rings (SSSR count). The number of rotatable bonds is 9. The minimum atomic E-state index is -0.720. The maximum Gasteiger partial charge on any atom is 0.303 e. The fraction of sp³-hybridized carbons (Fsp3) is 0.909. The lowest BCUT2D eigenvalue weighted by Crippen LogP contribution is -2.31. The number of nitrogens with two attached hydrogens (primary N) is 1. The first-order chi connectivity index (χ1) is 7.04. The van der Waals surface area contributed by atoms with Gasteiger partial charge in [-0.05, 0) is 19.8 Å². The van der Waals surface area contributed by atoms with E-state index in [0.29, 0.717) is 0 Å². The van der Waals surface area contributed by atoms with Crippen LogP contribution in [0.5, 0.6) is 0 Å². The van der Waals surface area contributed by atoms with Gasteiger partial charge in [0.05, 0.1) is 6.10 Å². The van der Waals surface area contributed by atoms with E-state index in [4.69, 9.17) is 10.8 Å². The van der Waals surface area contributed by atoms with Crippen molar-refractivity contribution in [3.8, 4) is 0 Å². The molecule has 0 unspecified atom stereocenters. The maximum atomic E-state index is 10.2. The zero-order valence-electron chi connectivity index (χ0n) is 9.48. The van der Waals surface area contributed by atoms with Crippen LogP contribution in [0.25, 0.3) is 0 Å². The van der Waals surface area contributed by atoms with Crippen LogP contribution >= 0.6 is 0 Å². The molecule has 4 heteroatoms. The van der Waals surface area contributed by atoms with Gasteiger partial charge in [0.25, 0.3) is 0 Å². The van der Waals surface area contributed by atoms with E-state index in [1.807, 2.05) is 0 Å². The van der Waals surface area contributed by atoms with Crippen LogP contribution in [0.4, 0.5) is 0 Å². The van der Waals surface area contributed by atoms with E-state index in [1.54, 1.807) is 6.92 Å². The first kappa shape index (κ1) is 14.4. The zero-order chi connectivity index (χ0) is 11.7. The first-order valence-corrected chi connectivity index (χ1v) is 5.69. The average molecular weight is 217 g/mol. The Labute approximate surface area is 91.5 Å². The predicted molar refractivity (Wildman–Crippen MR) is 59.6 cm³/mol. The summed E-state index contributed by atoms with van der Waals surface area (Å²) in [5.41, 5.74) is 5.52. The summed E-state index contributed by atoms with van der Waals surface area (Å²) >= 11 is 0. The van der Waals surface area contributed by atoms with Gasteiger partial charge in [-0.2, -0.15) is 0 Å². The summed E-state index contributed by atoms with van der Waals surface area (Å²) in [7, 11) is 0. The Bertz CT molecular complexity index is 171. The highest BCUT2D eigenvalue weighted by molar-refractivity contribution is 5.66. The van der Waals surface area contributed by atoms with Crippen molar-refractivity contribution in [1.29, 1.82) is 0 Å². The van der Waals surface area contributed by atoms with Crippen molar-refractivity contribution in [2.24, 2.45) is 5.73 Å². The zero-order valence-corrected chi connectivity index (χ0v) is 9.48. The number of hydrogen-bond donors (Lipinski definition) is 3. The van der Waals surface area contributed by atoms with Crippen LogP contribution in [-0.4, -0.2) is 28.3 Å². The molecule has 4 nitrogen and oxygen atoms in total. The van der Waals surface area contributed by atoms with Crippen LogP contribution in [0.15, 0.2) is 0 Å². The molecule has 0 aromatic carbocycles. The number of carboxylic acids is 1. The third kappa shape index (κ3) is 9.69. The Morgan fingerprint density at radius 2 is 1.73 bits per heavy atom. The van der Waals surface area contributed by atoms with Crippen LogP contribution in [0.1, 0.15) is 51.9 Å². The smallest absolute Gasteiger partial charge is 0.303 e. The quantitative estimate of drug-likeness (QED) is 0.511. The fourth-order valence-electron chi connectivity index (χ4n) is 1.42. The lowest BCUT2D eigenvalue weighted by atomic mass is 10.0. The summed E-state index contributed by atoms with van der Waals surface area (Å²) in [5, 5.41) is 17.8. The monoisotopic (exact) mass is 217 g/mol. The minimum Gasteiger partial charge on any atom is -0.481 e. The summed E-state index contributed by atoms with van der Waals surface area (Å²) < 4.78 is 0. The van der Waals surface area contributed by atoms with Gasteiger partial charge in [-0.15, -0.1) is 0 Å². The molecule has 0 bridgehead atoms. The third-order valence-corrected chi connectivity index (χ3v) is 2.50. The molecule has 0 aliphatic rings. The van der Waals surface area contributed by atoms with Gasteiger partial charge in [0.2, 0.25) is 0 Å². The largest absolute Gasteiger partial charge is 0.481 e. The first-order valence-electron chi connectivity index (χ1n) is 5.69. The van der Waals surface area contributed by atoms with E-state index in [0.717, 1.165) is 38.5 Å². The average Bonchev–Trinajstić information content (AvgIpc) is 2.15. The van der Waals surface area contributed by atoms with Gasteiger partial charge in [0.15, 0.2) is 0 Å². The molecule has 0 heterocycles. The number of hydrogen-bond acceptors (Lipinski definition) is 3. The summed E-state index contributed by atoms with van der Waals surface area (Å²) in [4.78, 5) is 10.2. The van der Waals surface area contributed by atoms with E-state index in [1.165, 1.54) is 0 Å². The van der Waals surface area contributed by atoms with Crippen molar-refractivity contribution in [3.63, 3.8) is 0 Å². The third-order valence-electron chi connectivity index (χ3n) is 2.50. The van der Waals surface area contributed by atoms with Gasteiger partial charge < -0.3 is 15.9 Å². The van der Waals surface area contributed by atoms with Crippen LogP contribution in [0, 0.1) is 0 Å². The standard InChI is InChI=1S/C11H23NO3/c1-9(12)10(13)7-5-3-2-4-6-8-11(14)15/h9-10,13H,2-8,12H2,1H3,(H,14,15)/t9-,10-/m1/s1. The molecule has 0 saturated heterocycles. The SMILES string of the molecule is C[C@@H](N)[C@H](O)CCCCCCCC(=O)O. The molecule has 0 aromatic rings. The van der Waals surface area contributed by atoms with Crippen LogP contribution in [0.2, 0.25) is 0 Å². The van der Waals surface area contributed by atoms with Gasteiger partial charge >= 0.3 is 5.97 Å². The fourth-order valence-corrected chi connectivity index (χ4v) is 1.42. The molecule has 2 atom stereocenters. The Morgan fingerprint density at radius 1 is 1.20 bits per heavy atom. The van der Waals surface area contributed by atoms with Gasteiger partial charge in [0, 0.05) is 12.5 Å². The van der Waals surface area contributed by atoms with Gasteiger partial charge in [-0.3, -0.25) is 4.79 Å². The molecule has 0 spiro atoms. The van der Waals surface area contributed by atoms with Crippen molar-refractivity contribution in [3.05, 3.63) is 0 Å². The van der Waals surface area contributed by atoms with Crippen LogP contribution < -0.4 is 5.73 Å².